The number of benzene rings is 2. The van der Waals surface area contributed by atoms with Gasteiger partial charge in [-0.05, 0) is 59.0 Å². The van der Waals surface area contributed by atoms with Gasteiger partial charge in [0.15, 0.2) is 11.5 Å². The molecule has 0 saturated carbocycles. The molecular formula is C28H25F4N3O2. The molecule has 4 aromatic rings. The van der Waals surface area contributed by atoms with Gasteiger partial charge in [-0.2, -0.15) is 17.6 Å². The summed E-state index contributed by atoms with van der Waals surface area (Å²) in [7, 11) is 1.94. The fourth-order valence-electron chi connectivity index (χ4n) is 4.07. The molecule has 1 unspecified atom stereocenters. The van der Waals surface area contributed by atoms with Gasteiger partial charge in [-0.25, -0.2) is 4.98 Å². The zero-order valence-electron chi connectivity index (χ0n) is 20.0. The molecule has 0 spiro atoms. The molecule has 4 rings (SSSR count). The van der Waals surface area contributed by atoms with Gasteiger partial charge in [0.2, 0.25) is 0 Å². The Bertz CT molecular complexity index is 1260. The van der Waals surface area contributed by atoms with E-state index in [4.69, 9.17) is 0 Å². The largest absolute Gasteiger partial charge is 0.431 e. The van der Waals surface area contributed by atoms with E-state index in [0.717, 1.165) is 22.5 Å². The number of anilines is 1. The lowest BCUT2D eigenvalue weighted by Gasteiger charge is -2.22. The summed E-state index contributed by atoms with van der Waals surface area (Å²) < 4.78 is 60.6. The second kappa shape index (κ2) is 12.2. The van der Waals surface area contributed by atoms with Crippen molar-refractivity contribution < 1.29 is 27.0 Å². The number of hydrogen-bond donors (Lipinski definition) is 0. The van der Waals surface area contributed by atoms with Crippen molar-refractivity contribution >= 4 is 5.82 Å². The summed E-state index contributed by atoms with van der Waals surface area (Å²) in [5.74, 6) is -0.487. The quantitative estimate of drug-likeness (QED) is 0.210. The van der Waals surface area contributed by atoms with E-state index >= 15 is 0 Å². The minimum Gasteiger partial charge on any atom is -0.431 e. The normalized spacial score (nSPS) is 12.0. The number of pyridine rings is 2. The van der Waals surface area contributed by atoms with E-state index in [-0.39, 0.29) is 5.92 Å². The van der Waals surface area contributed by atoms with Crippen LogP contribution in [0.15, 0.2) is 91.4 Å². The van der Waals surface area contributed by atoms with Crippen molar-refractivity contribution in [3.63, 3.8) is 0 Å². The number of nitrogens with zero attached hydrogens (tertiary/aromatic N) is 3. The maximum atomic E-state index is 13.0. The Labute approximate surface area is 212 Å². The Morgan fingerprint density at radius 2 is 1.43 bits per heavy atom. The predicted molar refractivity (Wildman–Crippen MR) is 132 cm³/mol. The summed E-state index contributed by atoms with van der Waals surface area (Å²) in [5.41, 5.74) is 3.50. The molecule has 2 aromatic carbocycles. The van der Waals surface area contributed by atoms with Crippen molar-refractivity contribution in [2.24, 2.45) is 0 Å². The minimum absolute atomic E-state index is 0.330. The molecule has 0 saturated heterocycles. The number of halogens is 4. The van der Waals surface area contributed by atoms with E-state index in [2.05, 4.69) is 19.4 Å². The molecule has 0 amide bonds. The van der Waals surface area contributed by atoms with Crippen LogP contribution in [0.5, 0.6) is 11.5 Å². The van der Waals surface area contributed by atoms with Crippen molar-refractivity contribution in [1.82, 2.24) is 9.97 Å². The third kappa shape index (κ3) is 7.19. The van der Waals surface area contributed by atoms with Crippen LogP contribution in [0.4, 0.5) is 23.4 Å². The molecule has 0 N–H and O–H groups in total. The van der Waals surface area contributed by atoms with Gasteiger partial charge in [-0.3, -0.25) is 4.98 Å². The maximum absolute atomic E-state index is 13.0. The van der Waals surface area contributed by atoms with Gasteiger partial charge >= 0.3 is 13.2 Å². The predicted octanol–water partition coefficient (Wildman–Crippen LogP) is 6.69. The summed E-state index contributed by atoms with van der Waals surface area (Å²) in [5, 5.41) is 0. The Morgan fingerprint density at radius 1 is 0.757 bits per heavy atom. The average molecular weight is 512 g/mol. The smallest absolute Gasteiger partial charge is 0.387 e. The molecular weight excluding hydrogens is 486 g/mol. The first-order valence-electron chi connectivity index (χ1n) is 11.5. The number of rotatable bonds is 11. The highest BCUT2D eigenvalue weighted by atomic mass is 19.3. The zero-order chi connectivity index (χ0) is 26.2. The molecule has 1 atom stereocenters. The first-order valence-corrected chi connectivity index (χ1v) is 11.5. The molecule has 2 heterocycles. The van der Waals surface area contributed by atoms with E-state index in [9.17, 15) is 17.6 Å². The van der Waals surface area contributed by atoms with Crippen LogP contribution in [0.25, 0.3) is 0 Å². The first kappa shape index (κ1) is 25.9. The highest BCUT2D eigenvalue weighted by Crippen LogP contribution is 2.37. The number of hydrogen-bond acceptors (Lipinski definition) is 5. The van der Waals surface area contributed by atoms with Crippen LogP contribution in [0.2, 0.25) is 0 Å². The third-order valence-electron chi connectivity index (χ3n) is 5.82. The number of ether oxygens (including phenoxy) is 2. The molecule has 9 heteroatoms. The maximum Gasteiger partial charge on any atom is 0.387 e. The van der Waals surface area contributed by atoms with Crippen molar-refractivity contribution in [3.8, 4) is 11.5 Å². The Balaban J connectivity index is 1.65. The van der Waals surface area contributed by atoms with Crippen molar-refractivity contribution in [2.45, 2.75) is 32.1 Å². The zero-order valence-corrected chi connectivity index (χ0v) is 20.0. The van der Waals surface area contributed by atoms with Gasteiger partial charge in [0, 0.05) is 38.1 Å². The molecule has 0 bridgehead atoms. The number of aromatic nitrogens is 2. The summed E-state index contributed by atoms with van der Waals surface area (Å²) in [6, 6.07) is 21.6. The van der Waals surface area contributed by atoms with Crippen LogP contribution in [-0.2, 0) is 13.0 Å². The Kier molecular flexibility index (Phi) is 8.56. The topological polar surface area (TPSA) is 47.5 Å². The van der Waals surface area contributed by atoms with Gasteiger partial charge in [0.05, 0.1) is 0 Å². The molecule has 5 nitrogen and oxygen atoms in total. The SMILES string of the molecule is CN(Cc1ccccc1)c1ccc(C(Cc2ccncc2)c2ccc(OC(F)F)c(OC(F)F)c2)cn1. The molecule has 0 radical (unpaired) electrons. The summed E-state index contributed by atoms with van der Waals surface area (Å²) in [6.45, 7) is -5.70. The second-order valence-corrected chi connectivity index (χ2v) is 8.37. The lowest BCUT2D eigenvalue weighted by Crippen LogP contribution is -2.18. The standard InChI is InChI=1S/C28H25F4N3O2/c1-35(18-20-5-3-2-4-6-20)26-10-8-22(17-34-26)23(15-19-11-13-33-14-12-19)21-7-9-24(36-27(29)30)25(16-21)37-28(31)32/h2-14,16-17,23,27-28H,15,18H2,1H3. The van der Waals surface area contributed by atoms with Gasteiger partial charge in [0.25, 0.3) is 0 Å². The Morgan fingerprint density at radius 3 is 2.08 bits per heavy atom. The average Bonchev–Trinajstić information content (AvgIpc) is 2.89. The molecule has 37 heavy (non-hydrogen) atoms. The molecule has 0 aliphatic rings. The van der Waals surface area contributed by atoms with Crippen LogP contribution in [0.3, 0.4) is 0 Å². The first-order chi connectivity index (χ1) is 17.9. The van der Waals surface area contributed by atoms with Crippen molar-refractivity contribution in [3.05, 3.63) is 114 Å². The Hall–Kier alpha value is -4.14. The van der Waals surface area contributed by atoms with Crippen LogP contribution in [0.1, 0.15) is 28.2 Å². The van der Waals surface area contributed by atoms with Crippen molar-refractivity contribution in [1.29, 1.82) is 0 Å². The van der Waals surface area contributed by atoms with E-state index in [1.807, 2.05) is 66.5 Å². The van der Waals surface area contributed by atoms with E-state index < -0.39 is 24.7 Å². The monoisotopic (exact) mass is 511 g/mol. The van der Waals surface area contributed by atoms with Crippen LogP contribution < -0.4 is 14.4 Å². The highest BCUT2D eigenvalue weighted by Gasteiger charge is 2.21. The van der Waals surface area contributed by atoms with E-state index in [1.54, 1.807) is 24.7 Å². The second-order valence-electron chi connectivity index (χ2n) is 8.37. The van der Waals surface area contributed by atoms with Gasteiger partial charge < -0.3 is 14.4 Å². The van der Waals surface area contributed by atoms with Crippen LogP contribution in [-0.4, -0.2) is 30.2 Å². The molecule has 192 valence electrons. The summed E-state index contributed by atoms with van der Waals surface area (Å²) in [6.07, 6.45) is 5.56. The van der Waals surface area contributed by atoms with Crippen LogP contribution >= 0.6 is 0 Å². The lowest BCUT2D eigenvalue weighted by atomic mass is 9.86. The fourth-order valence-corrected chi connectivity index (χ4v) is 4.07. The lowest BCUT2D eigenvalue weighted by molar-refractivity contribution is -0.0692. The highest BCUT2D eigenvalue weighted by molar-refractivity contribution is 5.48. The van der Waals surface area contributed by atoms with Gasteiger partial charge in [-0.1, -0.05) is 42.5 Å². The van der Waals surface area contributed by atoms with Crippen LogP contribution in [0, 0.1) is 0 Å². The van der Waals surface area contributed by atoms with Gasteiger partial charge in [-0.15, -0.1) is 0 Å². The van der Waals surface area contributed by atoms with Crippen molar-refractivity contribution in [2.75, 3.05) is 11.9 Å². The van der Waals surface area contributed by atoms with E-state index in [0.29, 0.717) is 18.5 Å². The minimum atomic E-state index is -3.20. The summed E-state index contributed by atoms with van der Waals surface area (Å²) >= 11 is 0. The third-order valence-corrected chi connectivity index (χ3v) is 5.82. The summed E-state index contributed by atoms with van der Waals surface area (Å²) in [4.78, 5) is 10.7. The van der Waals surface area contributed by atoms with E-state index in [1.165, 1.54) is 12.1 Å². The molecule has 0 aliphatic heterocycles. The van der Waals surface area contributed by atoms with Gasteiger partial charge in [0.1, 0.15) is 5.82 Å². The number of alkyl halides is 4. The molecule has 0 fully saturated rings. The molecule has 0 aliphatic carbocycles. The molecule has 2 aromatic heterocycles. The fraction of sp³-hybridized carbons (Fsp3) is 0.214.